The van der Waals surface area contributed by atoms with Gasteiger partial charge in [-0.25, -0.2) is 0 Å². The van der Waals surface area contributed by atoms with Crippen LogP contribution in [0.25, 0.3) is 10.9 Å². The van der Waals surface area contributed by atoms with Gasteiger partial charge in [0, 0.05) is 17.1 Å². The number of hydrogen-bond acceptors (Lipinski definition) is 3. The van der Waals surface area contributed by atoms with Crippen molar-refractivity contribution in [1.82, 2.24) is 10.3 Å². The summed E-state index contributed by atoms with van der Waals surface area (Å²) in [5.74, 6) is -0.662. The molecule has 2 N–H and O–H groups in total. The molecular weight excluding hydrogens is 352 g/mol. The van der Waals surface area contributed by atoms with E-state index in [4.69, 9.17) is 4.74 Å². The van der Waals surface area contributed by atoms with E-state index in [2.05, 4.69) is 22.4 Å². The van der Waals surface area contributed by atoms with Crippen LogP contribution in [0.4, 0.5) is 0 Å². The molecule has 1 heterocycles. The number of para-hydroxylation sites is 1. The standard InChI is InChI=1S/C23H24N2O3/c1-15(23(27)25-21-12-6-8-16-7-2-3-9-18(16)21)28-22(26)13-17-14-24-20-11-5-4-10-19(17)20/h2-5,7,9-11,14-15,21,24H,6,8,12-13H2,1H3,(H,25,27)/t15-,21+/m0/s1. The average Bonchev–Trinajstić information content (AvgIpc) is 3.11. The first-order valence-electron chi connectivity index (χ1n) is 9.74. The normalized spacial score (nSPS) is 17.0. The number of aryl methyl sites for hydroxylation is 1. The molecule has 1 aromatic heterocycles. The van der Waals surface area contributed by atoms with E-state index in [-0.39, 0.29) is 18.4 Å². The highest BCUT2D eigenvalue weighted by atomic mass is 16.5. The lowest BCUT2D eigenvalue weighted by molar-refractivity contribution is -0.154. The summed E-state index contributed by atoms with van der Waals surface area (Å²) in [7, 11) is 0. The van der Waals surface area contributed by atoms with Gasteiger partial charge in [0.1, 0.15) is 0 Å². The van der Waals surface area contributed by atoms with Gasteiger partial charge in [0.2, 0.25) is 0 Å². The molecular formula is C23H24N2O3. The number of H-pyrrole nitrogens is 1. The van der Waals surface area contributed by atoms with Crippen molar-refractivity contribution in [3.05, 3.63) is 71.4 Å². The number of carbonyl (C=O) groups excluding carboxylic acids is 2. The molecule has 0 saturated carbocycles. The van der Waals surface area contributed by atoms with E-state index in [1.54, 1.807) is 6.92 Å². The Labute approximate surface area is 164 Å². The van der Waals surface area contributed by atoms with Crippen molar-refractivity contribution in [2.75, 3.05) is 0 Å². The van der Waals surface area contributed by atoms with Crippen LogP contribution in [0.2, 0.25) is 0 Å². The molecule has 2 atom stereocenters. The average molecular weight is 376 g/mol. The van der Waals surface area contributed by atoms with Crippen LogP contribution in [-0.2, 0) is 27.2 Å². The van der Waals surface area contributed by atoms with Gasteiger partial charge in [-0.3, -0.25) is 9.59 Å². The number of benzene rings is 2. The Bertz CT molecular complexity index is 1010. The number of amides is 1. The molecule has 0 bridgehead atoms. The summed E-state index contributed by atoms with van der Waals surface area (Å²) < 4.78 is 5.40. The van der Waals surface area contributed by atoms with Gasteiger partial charge < -0.3 is 15.0 Å². The van der Waals surface area contributed by atoms with Crippen LogP contribution in [-0.4, -0.2) is 23.0 Å². The fraction of sp³-hybridized carbons (Fsp3) is 0.304. The molecule has 0 saturated heterocycles. The lowest BCUT2D eigenvalue weighted by Gasteiger charge is -2.27. The second kappa shape index (κ2) is 7.89. The molecule has 1 aliphatic rings. The zero-order valence-electron chi connectivity index (χ0n) is 15.9. The highest BCUT2D eigenvalue weighted by molar-refractivity contribution is 5.88. The van der Waals surface area contributed by atoms with Gasteiger partial charge in [0.15, 0.2) is 6.10 Å². The van der Waals surface area contributed by atoms with Crippen molar-refractivity contribution in [3.63, 3.8) is 0 Å². The minimum Gasteiger partial charge on any atom is -0.452 e. The smallest absolute Gasteiger partial charge is 0.311 e. The van der Waals surface area contributed by atoms with Crippen LogP contribution in [0.1, 0.15) is 42.5 Å². The first-order chi connectivity index (χ1) is 13.6. The fourth-order valence-electron chi connectivity index (χ4n) is 3.92. The molecule has 5 nitrogen and oxygen atoms in total. The lowest BCUT2D eigenvalue weighted by Crippen LogP contribution is -2.39. The molecule has 1 aliphatic carbocycles. The van der Waals surface area contributed by atoms with Gasteiger partial charge in [-0.15, -0.1) is 0 Å². The Morgan fingerprint density at radius 1 is 1.18 bits per heavy atom. The topological polar surface area (TPSA) is 71.2 Å². The maximum atomic E-state index is 12.6. The number of fused-ring (bicyclic) bond motifs is 2. The van der Waals surface area contributed by atoms with Crippen LogP contribution in [0, 0.1) is 0 Å². The van der Waals surface area contributed by atoms with Gasteiger partial charge in [-0.1, -0.05) is 42.5 Å². The van der Waals surface area contributed by atoms with Crippen LogP contribution in [0.5, 0.6) is 0 Å². The second-order valence-corrected chi connectivity index (χ2v) is 7.32. The number of nitrogens with one attached hydrogen (secondary N) is 2. The third-order valence-electron chi connectivity index (χ3n) is 5.37. The Balaban J connectivity index is 1.36. The zero-order valence-corrected chi connectivity index (χ0v) is 15.9. The van der Waals surface area contributed by atoms with Crippen molar-refractivity contribution in [1.29, 1.82) is 0 Å². The molecule has 1 amide bonds. The third-order valence-corrected chi connectivity index (χ3v) is 5.37. The zero-order chi connectivity index (χ0) is 19.5. The molecule has 0 radical (unpaired) electrons. The highest BCUT2D eigenvalue weighted by Gasteiger charge is 2.25. The Morgan fingerprint density at radius 3 is 2.86 bits per heavy atom. The van der Waals surface area contributed by atoms with Crippen molar-refractivity contribution in [2.45, 2.75) is 44.8 Å². The molecule has 3 aromatic rings. The van der Waals surface area contributed by atoms with E-state index in [0.717, 1.165) is 35.7 Å². The van der Waals surface area contributed by atoms with Crippen LogP contribution in [0.3, 0.4) is 0 Å². The molecule has 2 aromatic carbocycles. The number of aromatic nitrogens is 1. The van der Waals surface area contributed by atoms with E-state index in [9.17, 15) is 9.59 Å². The molecule has 0 aliphatic heterocycles. The predicted octanol–water partition coefficient (Wildman–Crippen LogP) is 3.84. The Hall–Kier alpha value is -3.08. The first-order valence-corrected chi connectivity index (χ1v) is 9.74. The molecule has 28 heavy (non-hydrogen) atoms. The van der Waals surface area contributed by atoms with Gasteiger partial charge >= 0.3 is 5.97 Å². The quantitative estimate of drug-likeness (QED) is 0.665. The molecule has 0 spiro atoms. The summed E-state index contributed by atoms with van der Waals surface area (Å²) in [6.45, 7) is 1.62. The van der Waals surface area contributed by atoms with Gasteiger partial charge in [-0.2, -0.15) is 0 Å². The summed E-state index contributed by atoms with van der Waals surface area (Å²) in [6.07, 6.45) is 4.10. The Morgan fingerprint density at radius 2 is 1.96 bits per heavy atom. The largest absolute Gasteiger partial charge is 0.452 e. The number of carbonyl (C=O) groups is 2. The molecule has 0 unspecified atom stereocenters. The monoisotopic (exact) mass is 376 g/mol. The van der Waals surface area contributed by atoms with E-state index in [0.29, 0.717) is 0 Å². The molecule has 144 valence electrons. The second-order valence-electron chi connectivity index (χ2n) is 7.32. The van der Waals surface area contributed by atoms with Gasteiger partial charge in [-0.05, 0) is 48.9 Å². The number of hydrogen-bond donors (Lipinski definition) is 2. The van der Waals surface area contributed by atoms with E-state index in [1.165, 1.54) is 11.1 Å². The van der Waals surface area contributed by atoms with E-state index in [1.807, 2.05) is 42.6 Å². The minimum absolute atomic E-state index is 0.0211. The number of rotatable bonds is 5. The fourth-order valence-corrected chi connectivity index (χ4v) is 3.92. The van der Waals surface area contributed by atoms with Gasteiger partial charge in [0.05, 0.1) is 12.5 Å². The SMILES string of the molecule is C[C@H](OC(=O)Cc1c[nH]c2ccccc12)C(=O)N[C@@H]1CCCc2ccccc21. The summed E-state index contributed by atoms with van der Waals surface area (Å²) in [5, 5.41) is 4.04. The molecule has 4 rings (SSSR count). The summed E-state index contributed by atoms with van der Waals surface area (Å²) in [6, 6.07) is 16.0. The van der Waals surface area contributed by atoms with Crippen molar-refractivity contribution in [3.8, 4) is 0 Å². The summed E-state index contributed by atoms with van der Waals surface area (Å²) >= 11 is 0. The van der Waals surface area contributed by atoms with Gasteiger partial charge in [0.25, 0.3) is 5.91 Å². The number of aromatic amines is 1. The third kappa shape index (κ3) is 3.79. The summed E-state index contributed by atoms with van der Waals surface area (Å²) in [4.78, 5) is 28.1. The maximum Gasteiger partial charge on any atom is 0.311 e. The Kier molecular flexibility index (Phi) is 5.15. The number of ether oxygens (including phenoxy) is 1. The first kappa shape index (κ1) is 18.3. The van der Waals surface area contributed by atoms with Crippen molar-refractivity contribution < 1.29 is 14.3 Å². The highest BCUT2D eigenvalue weighted by Crippen LogP contribution is 2.29. The minimum atomic E-state index is -0.827. The van der Waals surface area contributed by atoms with Crippen LogP contribution >= 0.6 is 0 Å². The van der Waals surface area contributed by atoms with Crippen molar-refractivity contribution in [2.24, 2.45) is 0 Å². The molecule has 0 fully saturated rings. The van der Waals surface area contributed by atoms with Crippen LogP contribution in [0.15, 0.2) is 54.7 Å². The van der Waals surface area contributed by atoms with E-state index < -0.39 is 12.1 Å². The van der Waals surface area contributed by atoms with E-state index >= 15 is 0 Å². The maximum absolute atomic E-state index is 12.6. The predicted molar refractivity (Wildman–Crippen MR) is 108 cm³/mol. The van der Waals surface area contributed by atoms with Crippen molar-refractivity contribution >= 4 is 22.8 Å². The van der Waals surface area contributed by atoms with Crippen LogP contribution < -0.4 is 5.32 Å². The number of esters is 1. The summed E-state index contributed by atoms with van der Waals surface area (Å²) in [5.41, 5.74) is 4.30. The lowest BCUT2D eigenvalue weighted by atomic mass is 9.87. The molecule has 5 heteroatoms.